The number of nitrogens with zero attached hydrogens (tertiary/aromatic N) is 4. The third-order valence-electron chi connectivity index (χ3n) is 5.04. The lowest BCUT2D eigenvalue weighted by Gasteiger charge is -2.18. The number of halogens is 2. The minimum absolute atomic E-state index is 0.159. The summed E-state index contributed by atoms with van der Waals surface area (Å²) in [7, 11) is 0. The first-order valence-corrected chi connectivity index (χ1v) is 11.5. The Morgan fingerprint density at radius 2 is 1.67 bits per heavy atom. The largest absolute Gasteiger partial charge is 0.349 e. The van der Waals surface area contributed by atoms with Crippen LogP contribution in [-0.2, 0) is 4.79 Å². The van der Waals surface area contributed by atoms with Crippen molar-refractivity contribution in [2.24, 2.45) is 0 Å². The molecule has 0 saturated carbocycles. The van der Waals surface area contributed by atoms with Crippen molar-refractivity contribution >= 4 is 29.3 Å². The van der Waals surface area contributed by atoms with Gasteiger partial charge in [-0.05, 0) is 67.9 Å². The van der Waals surface area contributed by atoms with Crippen molar-refractivity contribution in [1.29, 1.82) is 0 Å². The number of nitrogens with one attached hydrogen (secondary N) is 1. The lowest BCUT2D eigenvalue weighted by molar-refractivity contribution is -0.120. The van der Waals surface area contributed by atoms with Gasteiger partial charge in [0.2, 0.25) is 5.91 Å². The molecular weight excluding hydrogens is 461 g/mol. The minimum atomic E-state index is -0.451. The Morgan fingerprint density at radius 1 is 1.00 bits per heavy atom. The topological polar surface area (TPSA) is 72.7 Å². The molecule has 2 aromatic carbocycles. The van der Waals surface area contributed by atoms with E-state index in [1.54, 1.807) is 36.7 Å². The van der Waals surface area contributed by atoms with Gasteiger partial charge in [0, 0.05) is 28.7 Å². The second kappa shape index (κ2) is 10.1. The minimum Gasteiger partial charge on any atom is -0.349 e. The van der Waals surface area contributed by atoms with Crippen LogP contribution in [0.3, 0.4) is 0 Å². The zero-order valence-corrected chi connectivity index (χ0v) is 19.5. The van der Waals surface area contributed by atoms with Gasteiger partial charge in [-0.15, -0.1) is 10.2 Å². The molecule has 6 nitrogen and oxygen atoms in total. The highest BCUT2D eigenvalue weighted by Gasteiger charge is 2.23. The zero-order valence-electron chi connectivity index (χ0n) is 17.9. The first kappa shape index (κ1) is 22.9. The van der Waals surface area contributed by atoms with Crippen molar-refractivity contribution in [1.82, 2.24) is 25.1 Å². The van der Waals surface area contributed by atoms with Gasteiger partial charge in [-0.1, -0.05) is 35.5 Å². The Balaban J connectivity index is 1.58. The Morgan fingerprint density at radius 3 is 2.33 bits per heavy atom. The summed E-state index contributed by atoms with van der Waals surface area (Å²) >= 11 is 7.38. The first-order valence-electron chi connectivity index (χ1n) is 10.3. The van der Waals surface area contributed by atoms with Crippen molar-refractivity contribution in [2.45, 2.75) is 30.3 Å². The number of aromatic nitrogens is 4. The molecule has 4 aromatic rings. The molecule has 0 aliphatic rings. The van der Waals surface area contributed by atoms with Gasteiger partial charge in [-0.25, -0.2) is 4.39 Å². The summed E-state index contributed by atoms with van der Waals surface area (Å²) < 4.78 is 15.1. The monoisotopic (exact) mass is 481 g/mol. The quantitative estimate of drug-likeness (QED) is 0.354. The number of amides is 1. The van der Waals surface area contributed by atoms with Gasteiger partial charge < -0.3 is 5.32 Å². The fourth-order valence-electron chi connectivity index (χ4n) is 3.23. The number of carbonyl (C=O) groups excluding carboxylic acids is 1. The molecule has 0 radical (unpaired) electrons. The predicted molar refractivity (Wildman–Crippen MR) is 128 cm³/mol. The van der Waals surface area contributed by atoms with E-state index in [1.807, 2.05) is 42.7 Å². The second-order valence-corrected chi connectivity index (χ2v) is 9.14. The smallest absolute Gasteiger partial charge is 0.233 e. The van der Waals surface area contributed by atoms with Crippen LogP contribution in [0.5, 0.6) is 0 Å². The highest BCUT2D eigenvalue weighted by atomic mass is 35.5. The average molecular weight is 482 g/mol. The lowest BCUT2D eigenvalue weighted by Crippen LogP contribution is -2.33. The number of rotatable bonds is 7. The maximum atomic E-state index is 13.2. The van der Waals surface area contributed by atoms with E-state index in [2.05, 4.69) is 20.5 Å². The average Bonchev–Trinajstić information content (AvgIpc) is 3.24. The predicted octanol–water partition coefficient (Wildman–Crippen LogP) is 5.48. The molecule has 1 N–H and O–H groups in total. The van der Waals surface area contributed by atoms with Crippen LogP contribution in [0.25, 0.3) is 17.1 Å². The van der Waals surface area contributed by atoms with Gasteiger partial charge in [-0.3, -0.25) is 14.3 Å². The molecule has 0 aliphatic carbocycles. The molecule has 2 aromatic heterocycles. The molecule has 0 spiro atoms. The summed E-state index contributed by atoms with van der Waals surface area (Å²) in [5, 5.41) is 12.5. The summed E-state index contributed by atoms with van der Waals surface area (Å²) in [4.78, 5) is 16.9. The summed E-state index contributed by atoms with van der Waals surface area (Å²) in [5.74, 6) is 0.162. The Hall–Kier alpha value is -3.23. The lowest BCUT2D eigenvalue weighted by atomic mass is 10.1. The molecular formula is C24H21ClFN5OS. The molecule has 0 aliphatic heterocycles. The summed E-state index contributed by atoms with van der Waals surface area (Å²) in [6.07, 6.45) is 3.38. The first-order chi connectivity index (χ1) is 15.9. The van der Waals surface area contributed by atoms with Crippen LogP contribution in [-0.4, -0.2) is 30.9 Å². The molecule has 1 amide bonds. The third kappa shape index (κ3) is 5.40. The van der Waals surface area contributed by atoms with Crippen LogP contribution in [0, 0.1) is 5.82 Å². The standard InChI is InChI=1S/C24H21ClFN5OS/c1-15(17-3-7-20(26)8-4-17)28-23(32)16(2)33-24-30-29-22(18-11-13-27-14-12-18)31(24)21-9-5-19(25)6-10-21/h3-16H,1-2H3,(H,28,32). The van der Waals surface area contributed by atoms with E-state index in [0.717, 1.165) is 16.8 Å². The molecule has 2 atom stereocenters. The van der Waals surface area contributed by atoms with E-state index in [1.165, 1.54) is 23.9 Å². The van der Waals surface area contributed by atoms with Crippen LogP contribution in [0.15, 0.2) is 78.2 Å². The van der Waals surface area contributed by atoms with Crippen molar-refractivity contribution in [3.8, 4) is 17.1 Å². The number of carbonyl (C=O) groups is 1. The molecule has 0 bridgehead atoms. The Kier molecular flexibility index (Phi) is 7.05. The number of benzene rings is 2. The second-order valence-electron chi connectivity index (χ2n) is 7.40. The maximum absolute atomic E-state index is 13.2. The van der Waals surface area contributed by atoms with Gasteiger partial charge in [0.1, 0.15) is 5.82 Å². The van der Waals surface area contributed by atoms with E-state index in [4.69, 9.17) is 11.6 Å². The zero-order chi connectivity index (χ0) is 23.4. The van der Waals surface area contributed by atoms with Crippen molar-refractivity contribution in [3.63, 3.8) is 0 Å². The molecule has 4 rings (SSSR count). The molecule has 2 heterocycles. The van der Waals surface area contributed by atoms with Crippen LogP contribution < -0.4 is 5.32 Å². The van der Waals surface area contributed by atoms with E-state index in [0.29, 0.717) is 16.0 Å². The number of hydrogen-bond acceptors (Lipinski definition) is 5. The molecule has 2 unspecified atom stereocenters. The normalized spacial score (nSPS) is 12.8. The van der Waals surface area contributed by atoms with E-state index >= 15 is 0 Å². The highest BCUT2D eigenvalue weighted by molar-refractivity contribution is 8.00. The summed E-state index contributed by atoms with van der Waals surface area (Å²) in [6, 6.07) is 16.9. The van der Waals surface area contributed by atoms with Gasteiger partial charge in [-0.2, -0.15) is 0 Å². The SMILES string of the molecule is CC(Sc1nnc(-c2ccncc2)n1-c1ccc(Cl)cc1)C(=O)NC(C)c1ccc(F)cc1. The molecule has 9 heteroatoms. The van der Waals surface area contributed by atoms with Gasteiger partial charge in [0.05, 0.1) is 11.3 Å². The van der Waals surface area contributed by atoms with E-state index in [-0.39, 0.29) is 17.8 Å². The van der Waals surface area contributed by atoms with Gasteiger partial charge in [0.25, 0.3) is 0 Å². The maximum Gasteiger partial charge on any atom is 0.233 e. The molecule has 0 fully saturated rings. The fourth-order valence-corrected chi connectivity index (χ4v) is 4.24. The number of pyridine rings is 1. The fraction of sp³-hybridized carbons (Fsp3) is 0.167. The highest BCUT2D eigenvalue weighted by Crippen LogP contribution is 2.30. The summed E-state index contributed by atoms with van der Waals surface area (Å²) in [6.45, 7) is 3.67. The van der Waals surface area contributed by atoms with Gasteiger partial charge in [0.15, 0.2) is 11.0 Å². The number of hydrogen-bond donors (Lipinski definition) is 1. The number of thioether (sulfide) groups is 1. The van der Waals surface area contributed by atoms with Crippen LogP contribution >= 0.6 is 23.4 Å². The summed E-state index contributed by atoms with van der Waals surface area (Å²) in [5.41, 5.74) is 2.50. The van der Waals surface area contributed by atoms with Gasteiger partial charge >= 0.3 is 0 Å². The van der Waals surface area contributed by atoms with Crippen molar-refractivity contribution in [3.05, 3.63) is 89.5 Å². The van der Waals surface area contributed by atoms with Crippen LogP contribution in [0.2, 0.25) is 5.02 Å². The molecule has 168 valence electrons. The molecule has 33 heavy (non-hydrogen) atoms. The third-order valence-corrected chi connectivity index (χ3v) is 6.33. The van der Waals surface area contributed by atoms with E-state index in [9.17, 15) is 9.18 Å². The Labute approximate surface area is 200 Å². The van der Waals surface area contributed by atoms with Crippen LogP contribution in [0.4, 0.5) is 4.39 Å². The van der Waals surface area contributed by atoms with Crippen molar-refractivity contribution in [2.75, 3.05) is 0 Å². The molecule has 0 saturated heterocycles. The van der Waals surface area contributed by atoms with E-state index < -0.39 is 5.25 Å². The Bertz CT molecular complexity index is 1230. The van der Waals surface area contributed by atoms with Crippen LogP contribution in [0.1, 0.15) is 25.5 Å². The van der Waals surface area contributed by atoms with Crippen molar-refractivity contribution < 1.29 is 9.18 Å².